The number of carbonyl (C=O) groups excluding carboxylic acids is 2. The second-order valence-electron chi connectivity index (χ2n) is 9.99. The monoisotopic (exact) mass is 420 g/mol. The minimum Gasteiger partial charge on any atom is -0.342 e. The lowest BCUT2D eigenvalue weighted by Gasteiger charge is -2.38. The average molecular weight is 421 g/mol. The smallest absolute Gasteiger partial charge is 0.247 e. The molecule has 3 heterocycles. The molecule has 3 fully saturated rings. The van der Waals surface area contributed by atoms with Gasteiger partial charge in [0, 0.05) is 47.8 Å². The van der Waals surface area contributed by atoms with Gasteiger partial charge in [0.2, 0.25) is 11.8 Å². The number of amides is 2. The van der Waals surface area contributed by atoms with Gasteiger partial charge in [0.25, 0.3) is 0 Å². The van der Waals surface area contributed by atoms with Gasteiger partial charge in [0.1, 0.15) is 0 Å². The van der Waals surface area contributed by atoms with E-state index in [-0.39, 0.29) is 22.8 Å². The molecular weight excluding hydrogens is 388 g/mol. The van der Waals surface area contributed by atoms with E-state index in [9.17, 15) is 9.59 Å². The number of likely N-dealkylation sites (tertiary alicyclic amines) is 1. The van der Waals surface area contributed by atoms with Crippen molar-refractivity contribution in [2.45, 2.75) is 69.7 Å². The van der Waals surface area contributed by atoms with Crippen LogP contribution in [0, 0.1) is 11.8 Å². The molecule has 0 bridgehead atoms. The van der Waals surface area contributed by atoms with Crippen molar-refractivity contribution in [3.8, 4) is 0 Å². The predicted molar refractivity (Wildman–Crippen MR) is 111 cm³/mol. The summed E-state index contributed by atoms with van der Waals surface area (Å²) in [6.45, 7) is 8.86. The highest BCUT2D eigenvalue weighted by molar-refractivity contribution is 7.09. The second kappa shape index (κ2) is 7.63. The number of carbonyl (C=O) groups is 2. The molecule has 7 nitrogen and oxygen atoms in total. The van der Waals surface area contributed by atoms with Crippen LogP contribution >= 0.6 is 11.3 Å². The van der Waals surface area contributed by atoms with Crippen LogP contribution in [0.25, 0.3) is 0 Å². The lowest BCUT2D eigenvalue weighted by molar-refractivity contribution is -0.148. The SMILES string of the molecule is CC(C)(C)c1csc(C2CCN(C(=O)C3CCC4(CN4)CC3C(=O)NO)CC2)n1. The zero-order valence-corrected chi connectivity index (χ0v) is 18.3. The Morgan fingerprint density at radius 2 is 1.97 bits per heavy atom. The molecule has 2 saturated heterocycles. The van der Waals surface area contributed by atoms with Crippen molar-refractivity contribution in [1.82, 2.24) is 20.7 Å². The second-order valence-corrected chi connectivity index (χ2v) is 10.9. The summed E-state index contributed by atoms with van der Waals surface area (Å²) in [5, 5.41) is 15.8. The average Bonchev–Trinajstić information content (AvgIpc) is 3.25. The third-order valence-corrected chi connectivity index (χ3v) is 7.92. The van der Waals surface area contributed by atoms with E-state index in [1.54, 1.807) is 16.8 Å². The molecular formula is C21H32N4O3S. The Morgan fingerprint density at radius 3 is 2.52 bits per heavy atom. The lowest BCUT2D eigenvalue weighted by Crippen LogP contribution is -2.49. The number of hydrogen-bond donors (Lipinski definition) is 3. The largest absolute Gasteiger partial charge is 0.342 e. The summed E-state index contributed by atoms with van der Waals surface area (Å²) in [4.78, 5) is 32.2. The fourth-order valence-electron chi connectivity index (χ4n) is 4.80. The molecule has 1 aromatic rings. The van der Waals surface area contributed by atoms with Crippen molar-refractivity contribution in [3.63, 3.8) is 0 Å². The molecule has 0 aromatic carbocycles. The molecule has 3 atom stereocenters. The molecule has 2 aliphatic heterocycles. The van der Waals surface area contributed by atoms with Gasteiger partial charge in [-0.3, -0.25) is 14.8 Å². The van der Waals surface area contributed by atoms with Crippen molar-refractivity contribution in [2.24, 2.45) is 11.8 Å². The van der Waals surface area contributed by atoms with E-state index in [4.69, 9.17) is 10.2 Å². The summed E-state index contributed by atoms with van der Waals surface area (Å²) in [5.74, 6) is -0.742. The highest BCUT2D eigenvalue weighted by atomic mass is 32.1. The van der Waals surface area contributed by atoms with Crippen molar-refractivity contribution >= 4 is 23.2 Å². The Hall–Kier alpha value is -1.51. The minimum absolute atomic E-state index is 0.0105. The molecule has 8 heteroatoms. The van der Waals surface area contributed by atoms with E-state index in [1.807, 2.05) is 4.90 Å². The van der Waals surface area contributed by atoms with Gasteiger partial charge in [-0.1, -0.05) is 20.8 Å². The summed E-state index contributed by atoms with van der Waals surface area (Å²) in [6, 6.07) is 0. The van der Waals surface area contributed by atoms with Gasteiger partial charge in [0.05, 0.1) is 16.6 Å². The van der Waals surface area contributed by atoms with E-state index in [1.165, 1.54) is 5.01 Å². The Balaban J connectivity index is 1.38. The number of rotatable bonds is 3. The molecule has 160 valence electrons. The molecule has 1 aromatic heterocycles. The first-order chi connectivity index (χ1) is 13.7. The molecule has 3 N–H and O–H groups in total. The molecule has 1 spiro atoms. The van der Waals surface area contributed by atoms with Crippen LogP contribution in [0.15, 0.2) is 5.38 Å². The van der Waals surface area contributed by atoms with Crippen LogP contribution in [-0.2, 0) is 15.0 Å². The van der Waals surface area contributed by atoms with Crippen LogP contribution in [-0.4, -0.2) is 52.1 Å². The summed E-state index contributed by atoms with van der Waals surface area (Å²) in [6.07, 6.45) is 4.08. The van der Waals surface area contributed by atoms with Gasteiger partial charge < -0.3 is 10.2 Å². The highest BCUT2D eigenvalue weighted by Crippen LogP contribution is 2.43. The van der Waals surface area contributed by atoms with E-state index < -0.39 is 11.8 Å². The Bertz CT molecular complexity index is 775. The van der Waals surface area contributed by atoms with E-state index in [2.05, 4.69) is 31.5 Å². The number of aromatic nitrogens is 1. The Morgan fingerprint density at radius 1 is 1.28 bits per heavy atom. The Kier molecular flexibility index (Phi) is 5.46. The molecule has 3 aliphatic rings. The van der Waals surface area contributed by atoms with Crippen molar-refractivity contribution < 1.29 is 14.8 Å². The van der Waals surface area contributed by atoms with E-state index in [0.29, 0.717) is 31.8 Å². The van der Waals surface area contributed by atoms with Crippen LogP contribution in [0.4, 0.5) is 0 Å². The summed E-state index contributed by atoms with van der Waals surface area (Å²) in [5.41, 5.74) is 2.99. The van der Waals surface area contributed by atoms with Crippen molar-refractivity contribution in [1.29, 1.82) is 0 Å². The molecule has 1 aliphatic carbocycles. The normalized spacial score (nSPS) is 30.4. The number of thiazole rings is 1. The maximum atomic E-state index is 13.2. The number of nitrogens with one attached hydrogen (secondary N) is 2. The molecule has 4 rings (SSSR count). The quantitative estimate of drug-likeness (QED) is 0.396. The highest BCUT2D eigenvalue weighted by Gasteiger charge is 2.52. The lowest BCUT2D eigenvalue weighted by atomic mass is 9.72. The molecule has 0 radical (unpaired) electrons. The van der Waals surface area contributed by atoms with Gasteiger partial charge in [-0.15, -0.1) is 11.3 Å². The maximum absolute atomic E-state index is 13.2. The Labute approximate surface area is 176 Å². The van der Waals surface area contributed by atoms with Crippen LogP contribution < -0.4 is 10.8 Å². The summed E-state index contributed by atoms with van der Waals surface area (Å²) < 4.78 is 0. The zero-order chi connectivity index (χ0) is 20.8. The topological polar surface area (TPSA) is 104 Å². The van der Waals surface area contributed by atoms with Crippen LogP contribution in [0.2, 0.25) is 0 Å². The van der Waals surface area contributed by atoms with Gasteiger partial charge in [0.15, 0.2) is 0 Å². The third-order valence-electron chi connectivity index (χ3n) is 6.92. The fourth-order valence-corrected chi connectivity index (χ4v) is 6.02. The molecule has 2 amide bonds. The first kappa shape index (κ1) is 20.8. The predicted octanol–water partition coefficient (Wildman–Crippen LogP) is 2.41. The van der Waals surface area contributed by atoms with Crippen molar-refractivity contribution in [2.75, 3.05) is 19.6 Å². The van der Waals surface area contributed by atoms with Gasteiger partial charge in [-0.2, -0.15) is 0 Å². The van der Waals surface area contributed by atoms with Crippen LogP contribution in [0.5, 0.6) is 0 Å². The van der Waals surface area contributed by atoms with Gasteiger partial charge in [-0.25, -0.2) is 10.5 Å². The first-order valence-corrected chi connectivity index (χ1v) is 11.5. The number of hydrogen-bond acceptors (Lipinski definition) is 6. The van der Waals surface area contributed by atoms with Gasteiger partial charge >= 0.3 is 0 Å². The number of hydroxylamine groups is 1. The standard InChI is InChI=1S/C21H32N4O3S/c1-20(2,3)16-11-29-18(23-16)13-5-8-25(9-6-13)19(27)14-4-7-21(12-22-21)10-15(14)17(26)24-28/h11,13-15,22,28H,4-10,12H2,1-3H3,(H,24,26). The third kappa shape index (κ3) is 4.20. The van der Waals surface area contributed by atoms with Crippen LogP contribution in [0.1, 0.15) is 69.5 Å². The first-order valence-electron chi connectivity index (χ1n) is 10.7. The van der Waals surface area contributed by atoms with Gasteiger partial charge in [-0.05, 0) is 32.1 Å². The number of piperidine rings is 1. The van der Waals surface area contributed by atoms with E-state index in [0.717, 1.165) is 31.5 Å². The zero-order valence-electron chi connectivity index (χ0n) is 17.5. The minimum atomic E-state index is -0.456. The summed E-state index contributed by atoms with van der Waals surface area (Å²) in [7, 11) is 0. The van der Waals surface area contributed by atoms with E-state index >= 15 is 0 Å². The molecule has 29 heavy (non-hydrogen) atoms. The van der Waals surface area contributed by atoms with Crippen molar-refractivity contribution in [3.05, 3.63) is 16.1 Å². The maximum Gasteiger partial charge on any atom is 0.247 e. The molecule has 3 unspecified atom stereocenters. The van der Waals surface area contributed by atoms with Crippen LogP contribution in [0.3, 0.4) is 0 Å². The molecule has 1 saturated carbocycles. The number of nitrogens with zero attached hydrogens (tertiary/aromatic N) is 2. The summed E-state index contributed by atoms with van der Waals surface area (Å²) >= 11 is 1.73. The fraction of sp³-hybridized carbons (Fsp3) is 0.762.